The zero-order valence-corrected chi connectivity index (χ0v) is 21.9. The van der Waals surface area contributed by atoms with E-state index in [-0.39, 0.29) is 12.3 Å². The lowest BCUT2D eigenvalue weighted by Crippen LogP contribution is -2.36. The summed E-state index contributed by atoms with van der Waals surface area (Å²) in [5.74, 6) is 0.401. The molecule has 0 saturated heterocycles. The van der Waals surface area contributed by atoms with Crippen molar-refractivity contribution in [3.05, 3.63) is 63.8 Å². The predicted octanol–water partition coefficient (Wildman–Crippen LogP) is 6.35. The van der Waals surface area contributed by atoms with Crippen LogP contribution in [0.3, 0.4) is 0 Å². The average molecular weight is 488 g/mol. The lowest BCUT2D eigenvalue weighted by Gasteiger charge is -2.27. The zero-order valence-electron chi connectivity index (χ0n) is 21.1. The van der Waals surface area contributed by atoms with Gasteiger partial charge in [0.05, 0.1) is 24.8 Å². The van der Waals surface area contributed by atoms with Gasteiger partial charge in [0, 0.05) is 44.2 Å². The summed E-state index contributed by atoms with van der Waals surface area (Å²) < 4.78 is 0. The van der Waals surface area contributed by atoms with Crippen LogP contribution in [0.4, 0.5) is 0 Å². The van der Waals surface area contributed by atoms with E-state index < -0.39 is 6.10 Å². The van der Waals surface area contributed by atoms with Gasteiger partial charge in [-0.3, -0.25) is 9.78 Å². The van der Waals surface area contributed by atoms with Gasteiger partial charge in [0.1, 0.15) is 0 Å². The predicted molar refractivity (Wildman–Crippen MR) is 144 cm³/mol. The van der Waals surface area contributed by atoms with Gasteiger partial charge in [-0.1, -0.05) is 19.9 Å². The van der Waals surface area contributed by atoms with E-state index in [0.29, 0.717) is 12.5 Å². The normalized spacial score (nSPS) is 14.5. The number of rotatable bonds is 5. The number of carbonyl (C=O) groups is 1. The Labute approximate surface area is 210 Å². The minimum atomic E-state index is -0.601. The van der Waals surface area contributed by atoms with Crippen molar-refractivity contribution in [3.8, 4) is 21.7 Å². The quantitative estimate of drug-likeness (QED) is 0.344. The Balaban J connectivity index is 1.52. The standard InChI is InChI=1S/C29H33N3O2S/c1-16(2)28-23-13-20(6-7-24(23)31-29(28)22-10-17(3)30-18(4)11-22)25-14-21-8-9-32(15-26(21)35-25)27(34)12-19(5)33/h6-7,10-11,13-14,16,19,31,33H,8-9,12,15H2,1-5H3/t19-/m0/s1. The van der Waals surface area contributed by atoms with Crippen LogP contribution in [0.25, 0.3) is 32.6 Å². The molecule has 2 N–H and O–H groups in total. The van der Waals surface area contributed by atoms with Crippen LogP contribution in [-0.2, 0) is 17.8 Å². The molecule has 5 rings (SSSR count). The molecule has 0 unspecified atom stereocenters. The molecule has 0 aliphatic carbocycles. The van der Waals surface area contributed by atoms with E-state index in [0.717, 1.165) is 29.9 Å². The van der Waals surface area contributed by atoms with Gasteiger partial charge >= 0.3 is 0 Å². The van der Waals surface area contributed by atoms with Crippen LogP contribution in [0.2, 0.25) is 0 Å². The number of hydrogen-bond acceptors (Lipinski definition) is 4. The van der Waals surface area contributed by atoms with E-state index in [1.165, 1.54) is 43.1 Å². The van der Waals surface area contributed by atoms with Crippen molar-refractivity contribution in [2.45, 2.75) is 66.0 Å². The lowest BCUT2D eigenvalue weighted by molar-refractivity contribution is -0.133. The summed E-state index contributed by atoms with van der Waals surface area (Å²) in [6.45, 7) is 11.6. The molecule has 0 fully saturated rings. The highest BCUT2D eigenvalue weighted by Gasteiger charge is 2.24. The third-order valence-electron chi connectivity index (χ3n) is 6.78. The fraction of sp³-hybridized carbons (Fsp3) is 0.379. The number of benzene rings is 1. The summed E-state index contributed by atoms with van der Waals surface area (Å²) in [4.78, 5) is 25.1. The highest BCUT2D eigenvalue weighted by Crippen LogP contribution is 2.40. The number of H-pyrrole nitrogens is 1. The average Bonchev–Trinajstić information content (AvgIpc) is 3.38. The lowest BCUT2D eigenvalue weighted by atomic mass is 9.95. The molecule has 4 aromatic rings. The summed E-state index contributed by atoms with van der Waals surface area (Å²) in [5.41, 5.74) is 9.46. The number of aliphatic hydroxyl groups excluding tert-OH is 1. The van der Waals surface area contributed by atoms with Crippen molar-refractivity contribution < 1.29 is 9.90 Å². The smallest absolute Gasteiger partial charge is 0.225 e. The van der Waals surface area contributed by atoms with Crippen LogP contribution in [-0.4, -0.2) is 38.5 Å². The number of aromatic amines is 1. The number of aliphatic hydroxyl groups is 1. The molecule has 35 heavy (non-hydrogen) atoms. The molecule has 1 aliphatic heterocycles. The molecular formula is C29H33N3O2S. The first-order valence-electron chi connectivity index (χ1n) is 12.4. The number of amides is 1. The summed E-state index contributed by atoms with van der Waals surface area (Å²) >= 11 is 1.78. The number of thiophene rings is 1. The Morgan fingerprint density at radius 2 is 1.86 bits per heavy atom. The fourth-order valence-corrected chi connectivity index (χ4v) is 6.45. The Bertz CT molecular complexity index is 1390. The molecule has 6 heteroatoms. The third-order valence-corrected chi connectivity index (χ3v) is 7.99. The summed E-state index contributed by atoms with van der Waals surface area (Å²) in [7, 11) is 0. The number of hydrogen-bond donors (Lipinski definition) is 2. The fourth-order valence-electron chi connectivity index (χ4n) is 5.23. The summed E-state index contributed by atoms with van der Waals surface area (Å²) in [6, 6.07) is 13.3. The van der Waals surface area contributed by atoms with Crippen molar-refractivity contribution in [2.75, 3.05) is 6.54 Å². The molecule has 0 bridgehead atoms. The Kier molecular flexibility index (Phi) is 6.28. The second kappa shape index (κ2) is 9.25. The highest BCUT2D eigenvalue weighted by molar-refractivity contribution is 7.15. The number of aryl methyl sites for hydroxylation is 2. The summed E-state index contributed by atoms with van der Waals surface area (Å²) in [5, 5.41) is 10.9. The van der Waals surface area contributed by atoms with Crippen molar-refractivity contribution in [2.24, 2.45) is 0 Å². The molecule has 4 heterocycles. The van der Waals surface area contributed by atoms with Gasteiger partial charge in [-0.2, -0.15) is 0 Å². The Hall–Kier alpha value is -2.96. The Morgan fingerprint density at radius 1 is 1.11 bits per heavy atom. The minimum Gasteiger partial charge on any atom is -0.393 e. The van der Waals surface area contributed by atoms with Crippen molar-refractivity contribution in [1.82, 2.24) is 14.9 Å². The van der Waals surface area contributed by atoms with Crippen LogP contribution in [0, 0.1) is 13.8 Å². The van der Waals surface area contributed by atoms with Crippen molar-refractivity contribution in [3.63, 3.8) is 0 Å². The van der Waals surface area contributed by atoms with Gasteiger partial charge in [0.2, 0.25) is 5.91 Å². The maximum Gasteiger partial charge on any atom is 0.225 e. The first kappa shape index (κ1) is 23.8. The van der Waals surface area contributed by atoms with Crippen LogP contribution in [0.5, 0.6) is 0 Å². The maximum absolute atomic E-state index is 12.5. The molecule has 0 saturated carbocycles. The number of fused-ring (bicyclic) bond motifs is 2. The second-order valence-corrected chi connectivity index (χ2v) is 11.3. The van der Waals surface area contributed by atoms with Gasteiger partial charge in [0.25, 0.3) is 0 Å². The molecule has 182 valence electrons. The largest absolute Gasteiger partial charge is 0.393 e. The maximum atomic E-state index is 12.5. The second-order valence-electron chi connectivity index (χ2n) is 10.1. The summed E-state index contributed by atoms with van der Waals surface area (Å²) in [6.07, 6.45) is 0.455. The first-order valence-corrected chi connectivity index (χ1v) is 13.2. The number of nitrogens with zero attached hydrogens (tertiary/aromatic N) is 2. The molecule has 0 spiro atoms. The Morgan fingerprint density at radius 3 is 2.54 bits per heavy atom. The number of pyridine rings is 1. The van der Waals surface area contributed by atoms with E-state index in [4.69, 9.17) is 0 Å². The number of nitrogens with one attached hydrogen (secondary N) is 1. The highest BCUT2D eigenvalue weighted by atomic mass is 32.1. The monoisotopic (exact) mass is 487 g/mol. The topological polar surface area (TPSA) is 69.2 Å². The molecule has 1 atom stereocenters. The van der Waals surface area contributed by atoms with Crippen LogP contribution >= 0.6 is 11.3 Å². The van der Waals surface area contributed by atoms with Gasteiger partial charge in [-0.05, 0) is 80.1 Å². The van der Waals surface area contributed by atoms with Gasteiger partial charge < -0.3 is 15.0 Å². The van der Waals surface area contributed by atoms with Crippen LogP contribution < -0.4 is 0 Å². The molecule has 0 radical (unpaired) electrons. The minimum absolute atomic E-state index is 0.0324. The van der Waals surface area contributed by atoms with E-state index in [1.807, 2.05) is 18.7 Å². The third kappa shape index (κ3) is 4.65. The van der Waals surface area contributed by atoms with Gasteiger partial charge in [-0.15, -0.1) is 11.3 Å². The molecule has 1 aromatic carbocycles. The molecule has 5 nitrogen and oxygen atoms in total. The first-order chi connectivity index (χ1) is 16.7. The molecule has 1 aliphatic rings. The van der Waals surface area contributed by atoms with Crippen LogP contribution in [0.1, 0.15) is 60.5 Å². The molecule has 3 aromatic heterocycles. The van der Waals surface area contributed by atoms with Crippen molar-refractivity contribution >= 4 is 28.1 Å². The van der Waals surface area contributed by atoms with E-state index in [1.54, 1.807) is 18.3 Å². The number of carbonyl (C=O) groups excluding carboxylic acids is 1. The molecular weight excluding hydrogens is 454 g/mol. The van der Waals surface area contributed by atoms with E-state index >= 15 is 0 Å². The zero-order chi connectivity index (χ0) is 24.9. The van der Waals surface area contributed by atoms with E-state index in [2.05, 4.69) is 60.2 Å². The van der Waals surface area contributed by atoms with Gasteiger partial charge in [0.15, 0.2) is 0 Å². The van der Waals surface area contributed by atoms with E-state index in [9.17, 15) is 9.90 Å². The molecule has 1 amide bonds. The van der Waals surface area contributed by atoms with Crippen molar-refractivity contribution in [1.29, 1.82) is 0 Å². The number of aromatic nitrogens is 2. The SMILES string of the molecule is Cc1cc(-c2[nH]c3ccc(-c4cc5c(s4)CN(C(=O)C[C@H](C)O)CC5)cc3c2C(C)C)cc(C)n1. The van der Waals surface area contributed by atoms with Gasteiger partial charge in [-0.25, -0.2) is 0 Å². The van der Waals surface area contributed by atoms with Crippen LogP contribution in [0.15, 0.2) is 36.4 Å².